The van der Waals surface area contributed by atoms with E-state index in [1.54, 1.807) is 0 Å². The predicted molar refractivity (Wildman–Crippen MR) is 87.7 cm³/mol. The number of carbonyl (C=O) groups is 3. The second-order valence-electron chi connectivity index (χ2n) is 4.77. The number of benzene rings is 1. The van der Waals surface area contributed by atoms with Crippen molar-refractivity contribution in [1.29, 1.82) is 0 Å². The number of carboxylic acids is 1. The van der Waals surface area contributed by atoms with Crippen molar-refractivity contribution in [3.05, 3.63) is 42.0 Å². The summed E-state index contributed by atoms with van der Waals surface area (Å²) in [6.07, 6.45) is -0.616. The highest BCUT2D eigenvalue weighted by Gasteiger charge is 2.14. The summed E-state index contributed by atoms with van der Waals surface area (Å²) in [5.74, 6) is -3.57. The van der Waals surface area contributed by atoms with E-state index in [2.05, 4.69) is 20.4 Å². The lowest BCUT2D eigenvalue weighted by molar-refractivity contribution is -0.123. The number of anilines is 2. The third kappa shape index (κ3) is 4.93. The van der Waals surface area contributed by atoms with Crippen molar-refractivity contribution in [2.24, 2.45) is 0 Å². The number of rotatable bonds is 6. The first kappa shape index (κ1) is 13.8. The Morgan fingerprint density at radius 3 is 2.68 bits per heavy atom. The number of carbonyl (C=O) groups excluding carboxylic acids is 2. The van der Waals surface area contributed by atoms with Gasteiger partial charge in [0.05, 0.1) is 11.2 Å². The zero-order valence-corrected chi connectivity index (χ0v) is 12.6. The number of aromatic nitrogens is 1. The van der Waals surface area contributed by atoms with Crippen LogP contribution in [0.3, 0.4) is 0 Å². The molecule has 0 spiro atoms. The lowest BCUT2D eigenvalue weighted by Gasteiger charge is -2.08. The number of carboxylic acid groups (broad SMARTS) is 1. The van der Waals surface area contributed by atoms with E-state index in [0.29, 0.717) is 0 Å². The molecule has 2 amide bonds. The third-order valence-corrected chi connectivity index (χ3v) is 2.93. The first-order valence-electron chi connectivity index (χ1n) is 8.35. The van der Waals surface area contributed by atoms with Crippen LogP contribution in [0.5, 0.6) is 11.6 Å². The molecular formula is C16H15N3O6. The average Bonchev–Trinajstić information content (AvgIpc) is 2.54. The van der Waals surface area contributed by atoms with Crippen LogP contribution in [0.1, 0.15) is 20.9 Å². The number of aromatic carboxylic acids is 1. The van der Waals surface area contributed by atoms with Gasteiger partial charge in [0, 0.05) is 11.8 Å². The van der Waals surface area contributed by atoms with Crippen molar-refractivity contribution in [1.82, 2.24) is 4.98 Å². The molecule has 0 saturated heterocycles. The molecule has 2 aromatic rings. The third-order valence-electron chi connectivity index (χ3n) is 2.93. The summed E-state index contributed by atoms with van der Waals surface area (Å²) in [7, 11) is -2.70. The number of amides is 2. The summed E-state index contributed by atoms with van der Waals surface area (Å²) < 4.78 is 25.7. The number of hydrogen-bond acceptors (Lipinski definition) is 6. The van der Waals surface area contributed by atoms with Gasteiger partial charge in [0.2, 0.25) is 17.7 Å². The molecule has 0 bridgehead atoms. The van der Waals surface area contributed by atoms with Gasteiger partial charge < -0.3 is 25.6 Å². The number of hydrogen-bond donors (Lipinski definition) is 4. The quantitative estimate of drug-likeness (QED) is 0.458. The highest BCUT2D eigenvalue weighted by atomic mass is 16.5. The Morgan fingerprint density at radius 1 is 1.20 bits per heavy atom. The summed E-state index contributed by atoms with van der Waals surface area (Å²) in [6.45, 7) is 0. The SMILES string of the molecule is [2H]C([2H])([2H])Oc1cccc(NC(=O)CC(=O)Nc2ccc(O)c(C(=O)O)c2)n1. The van der Waals surface area contributed by atoms with Crippen LogP contribution in [0, 0.1) is 0 Å². The van der Waals surface area contributed by atoms with Crippen LogP contribution >= 0.6 is 0 Å². The molecule has 0 fully saturated rings. The molecule has 0 aliphatic carbocycles. The molecule has 130 valence electrons. The highest BCUT2D eigenvalue weighted by Crippen LogP contribution is 2.21. The van der Waals surface area contributed by atoms with Crippen LogP contribution in [-0.4, -0.2) is 40.0 Å². The van der Waals surface area contributed by atoms with E-state index in [1.807, 2.05) is 0 Å². The summed E-state index contributed by atoms with van der Waals surface area (Å²) in [4.78, 5) is 38.6. The lowest BCUT2D eigenvalue weighted by Crippen LogP contribution is -2.22. The van der Waals surface area contributed by atoms with Crippen molar-refractivity contribution in [2.75, 3.05) is 17.7 Å². The maximum Gasteiger partial charge on any atom is 0.339 e. The van der Waals surface area contributed by atoms with Crippen molar-refractivity contribution in [3.63, 3.8) is 0 Å². The van der Waals surface area contributed by atoms with Gasteiger partial charge in [0.25, 0.3) is 0 Å². The van der Waals surface area contributed by atoms with Gasteiger partial charge in [-0.15, -0.1) is 0 Å². The van der Waals surface area contributed by atoms with Crippen LogP contribution in [0.25, 0.3) is 0 Å². The second-order valence-corrected chi connectivity index (χ2v) is 4.77. The molecule has 0 aliphatic rings. The maximum atomic E-state index is 11.9. The van der Waals surface area contributed by atoms with Gasteiger partial charge in [-0.25, -0.2) is 4.79 Å². The van der Waals surface area contributed by atoms with Crippen molar-refractivity contribution < 1.29 is 33.4 Å². The Kier molecular flexibility index (Phi) is 4.29. The molecule has 0 atom stereocenters. The maximum absolute atomic E-state index is 11.9. The van der Waals surface area contributed by atoms with E-state index in [1.165, 1.54) is 24.3 Å². The molecule has 1 aromatic carbocycles. The fourth-order valence-electron chi connectivity index (χ4n) is 1.86. The van der Waals surface area contributed by atoms with Gasteiger partial charge in [-0.1, -0.05) is 6.07 Å². The van der Waals surface area contributed by atoms with Gasteiger partial charge in [0.15, 0.2) is 0 Å². The Morgan fingerprint density at radius 2 is 1.96 bits per heavy atom. The summed E-state index contributed by atoms with van der Waals surface area (Å²) in [5.41, 5.74) is -0.322. The molecule has 0 aliphatic heterocycles. The van der Waals surface area contributed by atoms with Crippen LogP contribution in [0.4, 0.5) is 11.5 Å². The minimum atomic E-state index is -2.70. The number of methoxy groups -OCH3 is 1. The van der Waals surface area contributed by atoms with E-state index in [-0.39, 0.29) is 17.4 Å². The van der Waals surface area contributed by atoms with Gasteiger partial charge in [-0.3, -0.25) is 9.59 Å². The number of aromatic hydroxyl groups is 1. The van der Waals surface area contributed by atoms with E-state index >= 15 is 0 Å². The number of pyridine rings is 1. The van der Waals surface area contributed by atoms with E-state index in [9.17, 15) is 19.5 Å². The monoisotopic (exact) mass is 348 g/mol. The predicted octanol–water partition coefficient (Wildman–Crippen LogP) is 1.46. The molecule has 9 heteroatoms. The van der Waals surface area contributed by atoms with E-state index in [4.69, 9.17) is 9.22 Å². The molecular weight excluding hydrogens is 330 g/mol. The summed E-state index contributed by atoms with van der Waals surface area (Å²) in [5, 5.41) is 23.0. The number of nitrogens with zero attached hydrogens (tertiary/aromatic N) is 1. The van der Waals surface area contributed by atoms with Gasteiger partial charge >= 0.3 is 5.97 Å². The number of nitrogens with one attached hydrogen (secondary N) is 2. The van der Waals surface area contributed by atoms with E-state index in [0.717, 1.165) is 12.1 Å². The number of ether oxygens (including phenoxy) is 1. The summed E-state index contributed by atoms with van der Waals surface area (Å²) >= 11 is 0. The minimum Gasteiger partial charge on any atom is -0.507 e. The second kappa shape index (κ2) is 7.77. The molecule has 0 unspecified atom stereocenters. The van der Waals surface area contributed by atoms with Crippen molar-refractivity contribution >= 4 is 29.3 Å². The van der Waals surface area contributed by atoms with Gasteiger partial charge in [-0.2, -0.15) is 4.98 Å². The Bertz CT molecular complexity index is 917. The molecule has 9 nitrogen and oxygen atoms in total. The molecule has 1 heterocycles. The molecule has 1 aromatic heterocycles. The first-order valence-corrected chi connectivity index (χ1v) is 6.85. The smallest absolute Gasteiger partial charge is 0.339 e. The van der Waals surface area contributed by atoms with Crippen molar-refractivity contribution in [2.45, 2.75) is 6.42 Å². The topological polar surface area (TPSA) is 138 Å². The van der Waals surface area contributed by atoms with Crippen LogP contribution in [-0.2, 0) is 9.59 Å². The lowest BCUT2D eigenvalue weighted by atomic mass is 10.1. The molecule has 0 saturated carbocycles. The normalized spacial score (nSPS) is 12.2. The minimum absolute atomic E-state index is 0.0163. The zero-order valence-electron chi connectivity index (χ0n) is 15.6. The largest absolute Gasteiger partial charge is 0.507 e. The van der Waals surface area contributed by atoms with Crippen molar-refractivity contribution in [3.8, 4) is 11.6 Å². The van der Waals surface area contributed by atoms with Gasteiger partial charge in [-0.05, 0) is 24.3 Å². The highest BCUT2D eigenvalue weighted by molar-refractivity contribution is 6.08. The fourth-order valence-corrected chi connectivity index (χ4v) is 1.86. The Balaban J connectivity index is 1.96. The average molecular weight is 348 g/mol. The van der Waals surface area contributed by atoms with Crippen LogP contribution in [0.2, 0.25) is 0 Å². The molecule has 0 radical (unpaired) electrons. The van der Waals surface area contributed by atoms with Crippen LogP contribution < -0.4 is 15.4 Å². The standard InChI is InChI=1S/C16H15N3O6/c1-25-15-4-2-3-12(19-15)18-14(22)8-13(21)17-9-5-6-11(20)10(7-9)16(23)24/h2-7,20H,8H2,1H3,(H,17,21)(H,23,24)(H,18,19,22)/i1D3. The molecule has 25 heavy (non-hydrogen) atoms. The fraction of sp³-hybridized carbons (Fsp3) is 0.125. The summed E-state index contributed by atoms with van der Waals surface area (Å²) in [6, 6.07) is 7.49. The van der Waals surface area contributed by atoms with Gasteiger partial charge in [0.1, 0.15) is 23.6 Å². The Labute approximate surface area is 146 Å². The number of phenols is 1. The first-order chi connectivity index (χ1) is 13.0. The molecule has 2 rings (SSSR count). The van der Waals surface area contributed by atoms with E-state index < -0.39 is 42.6 Å². The zero-order chi connectivity index (χ0) is 20.9. The Hall–Kier alpha value is -3.62. The van der Waals surface area contributed by atoms with Crippen LogP contribution in [0.15, 0.2) is 36.4 Å². The molecule has 4 N–H and O–H groups in total.